The van der Waals surface area contributed by atoms with E-state index in [0.29, 0.717) is 20.5 Å². The average Bonchev–Trinajstić information content (AvgIpc) is 2.33. The third-order valence-corrected chi connectivity index (χ3v) is 3.38. The zero-order valence-electron chi connectivity index (χ0n) is 10.2. The molecule has 0 radical (unpaired) electrons. The number of hydrogen-bond acceptors (Lipinski definition) is 4. The van der Waals surface area contributed by atoms with E-state index in [1.165, 1.54) is 18.3 Å². The number of hydrogen-bond donors (Lipinski definition) is 2. The van der Waals surface area contributed by atoms with Gasteiger partial charge in [-0.1, -0.05) is 15.9 Å². The maximum Gasteiger partial charge on any atom is 0.573 e. The molecular formula is C12H8Br2F3N3O. The molecule has 0 saturated carbocycles. The molecule has 0 aliphatic heterocycles. The van der Waals surface area contributed by atoms with Crippen molar-refractivity contribution in [2.24, 2.45) is 0 Å². The number of nitrogens with two attached hydrogens (primary N) is 1. The van der Waals surface area contributed by atoms with Gasteiger partial charge in [0.2, 0.25) is 0 Å². The van der Waals surface area contributed by atoms with Gasteiger partial charge in [0.15, 0.2) is 5.75 Å². The van der Waals surface area contributed by atoms with Crippen LogP contribution >= 0.6 is 31.9 Å². The highest BCUT2D eigenvalue weighted by molar-refractivity contribution is 9.10. The number of pyridine rings is 1. The number of ether oxygens (including phenoxy) is 1. The van der Waals surface area contributed by atoms with Crippen LogP contribution in [0.3, 0.4) is 0 Å². The summed E-state index contributed by atoms with van der Waals surface area (Å²) in [5, 5.41) is 2.76. The van der Waals surface area contributed by atoms with E-state index in [1.54, 1.807) is 12.1 Å². The van der Waals surface area contributed by atoms with Gasteiger partial charge in [0.25, 0.3) is 0 Å². The van der Waals surface area contributed by atoms with Gasteiger partial charge < -0.3 is 15.8 Å². The van der Waals surface area contributed by atoms with Crippen molar-refractivity contribution in [3.63, 3.8) is 0 Å². The van der Waals surface area contributed by atoms with Gasteiger partial charge >= 0.3 is 6.36 Å². The van der Waals surface area contributed by atoms with E-state index in [1.807, 2.05) is 0 Å². The van der Waals surface area contributed by atoms with Gasteiger partial charge in [0, 0.05) is 4.47 Å². The Balaban J connectivity index is 2.35. The molecule has 1 aromatic heterocycles. The van der Waals surface area contributed by atoms with Gasteiger partial charge in [-0.15, -0.1) is 13.2 Å². The summed E-state index contributed by atoms with van der Waals surface area (Å²) in [6.07, 6.45) is -3.40. The minimum Gasteiger partial charge on any atom is -0.404 e. The van der Waals surface area contributed by atoms with Crippen molar-refractivity contribution < 1.29 is 17.9 Å². The van der Waals surface area contributed by atoms with Gasteiger partial charge in [-0.05, 0) is 40.2 Å². The van der Waals surface area contributed by atoms with E-state index in [0.717, 1.165) is 0 Å². The van der Waals surface area contributed by atoms with Crippen molar-refractivity contribution in [1.82, 2.24) is 4.98 Å². The fourth-order valence-electron chi connectivity index (χ4n) is 1.48. The normalized spacial score (nSPS) is 11.3. The minimum absolute atomic E-state index is 0.119. The number of nitrogens with zero attached hydrogens (tertiary/aromatic N) is 1. The molecular weight excluding hydrogens is 419 g/mol. The van der Waals surface area contributed by atoms with Crippen LogP contribution in [0.4, 0.5) is 30.4 Å². The smallest absolute Gasteiger partial charge is 0.404 e. The Morgan fingerprint density at radius 3 is 2.52 bits per heavy atom. The molecule has 0 atom stereocenters. The van der Waals surface area contributed by atoms with Crippen LogP contribution in [0, 0.1) is 0 Å². The monoisotopic (exact) mass is 425 g/mol. The quantitative estimate of drug-likeness (QED) is 0.737. The maximum absolute atomic E-state index is 12.4. The Hall–Kier alpha value is -1.48. The predicted molar refractivity (Wildman–Crippen MR) is 80.5 cm³/mol. The second-order valence-corrected chi connectivity index (χ2v) is 5.68. The van der Waals surface area contributed by atoms with Crippen molar-refractivity contribution >= 4 is 49.1 Å². The first-order valence-corrected chi connectivity index (χ1v) is 7.06. The molecule has 1 aromatic carbocycles. The molecule has 3 N–H and O–H groups in total. The maximum atomic E-state index is 12.4. The molecule has 0 fully saturated rings. The van der Waals surface area contributed by atoms with Gasteiger partial charge in [-0.25, -0.2) is 4.98 Å². The van der Waals surface area contributed by atoms with E-state index in [-0.39, 0.29) is 11.4 Å². The predicted octanol–water partition coefficient (Wildman–Crippen LogP) is 4.83. The lowest BCUT2D eigenvalue weighted by Gasteiger charge is -2.15. The molecule has 0 saturated heterocycles. The van der Waals surface area contributed by atoms with Gasteiger partial charge in [0.1, 0.15) is 5.82 Å². The highest BCUT2D eigenvalue weighted by Crippen LogP contribution is 2.35. The van der Waals surface area contributed by atoms with E-state index in [9.17, 15) is 13.2 Å². The molecule has 21 heavy (non-hydrogen) atoms. The molecule has 1 heterocycles. The second-order valence-electron chi connectivity index (χ2n) is 3.91. The van der Waals surface area contributed by atoms with Crippen LogP contribution in [0.25, 0.3) is 0 Å². The summed E-state index contributed by atoms with van der Waals surface area (Å²) in [6.45, 7) is 0. The number of nitrogen functional groups attached to an aromatic ring is 1. The topological polar surface area (TPSA) is 60.2 Å². The molecule has 112 valence electrons. The Kier molecular flexibility index (Phi) is 4.62. The first-order chi connectivity index (χ1) is 9.74. The molecule has 0 amide bonds. The number of anilines is 3. The van der Waals surface area contributed by atoms with Crippen LogP contribution < -0.4 is 15.8 Å². The van der Waals surface area contributed by atoms with Crippen LogP contribution in [0.5, 0.6) is 5.75 Å². The first kappa shape index (κ1) is 15.9. The van der Waals surface area contributed by atoms with Crippen LogP contribution in [0.2, 0.25) is 0 Å². The van der Waals surface area contributed by atoms with Gasteiger partial charge in [-0.2, -0.15) is 0 Å². The lowest BCUT2D eigenvalue weighted by Crippen LogP contribution is -2.18. The molecule has 0 spiro atoms. The lowest BCUT2D eigenvalue weighted by molar-refractivity contribution is -0.274. The third kappa shape index (κ3) is 4.50. The molecule has 2 aromatic rings. The summed E-state index contributed by atoms with van der Waals surface area (Å²) in [5.41, 5.74) is 6.10. The molecule has 0 unspecified atom stereocenters. The van der Waals surface area contributed by atoms with Crippen molar-refractivity contribution in [3.05, 3.63) is 39.4 Å². The fraction of sp³-hybridized carbons (Fsp3) is 0.0833. The lowest BCUT2D eigenvalue weighted by atomic mass is 10.3. The number of halogens is 5. The standard InChI is InChI=1S/C12H8Br2F3N3O/c13-6-1-2-9(10(3-6)21-12(15,16)17)20-11-8(14)4-7(18)5-19-11/h1-5H,18H2,(H,19,20). The summed E-state index contributed by atoms with van der Waals surface area (Å²) in [4.78, 5) is 4.00. The SMILES string of the molecule is Nc1cnc(Nc2ccc(Br)cc2OC(F)(F)F)c(Br)c1. The molecule has 4 nitrogen and oxygen atoms in total. The Morgan fingerprint density at radius 2 is 1.90 bits per heavy atom. The fourth-order valence-corrected chi connectivity index (χ4v) is 2.29. The van der Waals surface area contributed by atoms with Gasteiger partial charge in [-0.3, -0.25) is 0 Å². The van der Waals surface area contributed by atoms with Crippen molar-refractivity contribution in [2.45, 2.75) is 6.36 Å². The Bertz CT molecular complexity index is 665. The molecule has 0 aliphatic rings. The van der Waals surface area contributed by atoms with Crippen LogP contribution in [-0.4, -0.2) is 11.3 Å². The number of aromatic nitrogens is 1. The van der Waals surface area contributed by atoms with E-state index in [2.05, 4.69) is 46.9 Å². The highest BCUT2D eigenvalue weighted by atomic mass is 79.9. The van der Waals surface area contributed by atoms with E-state index in [4.69, 9.17) is 5.73 Å². The molecule has 0 aliphatic carbocycles. The molecule has 2 rings (SSSR count). The van der Waals surface area contributed by atoms with Gasteiger partial charge in [0.05, 0.1) is 22.0 Å². The number of benzene rings is 1. The summed E-state index contributed by atoms with van der Waals surface area (Å²) in [7, 11) is 0. The van der Waals surface area contributed by atoms with Crippen LogP contribution in [-0.2, 0) is 0 Å². The summed E-state index contributed by atoms with van der Waals surface area (Å²) < 4.78 is 42.2. The summed E-state index contributed by atoms with van der Waals surface area (Å²) in [6, 6.07) is 5.81. The van der Waals surface area contributed by atoms with E-state index >= 15 is 0 Å². The zero-order chi connectivity index (χ0) is 15.6. The van der Waals surface area contributed by atoms with E-state index < -0.39 is 6.36 Å². The van der Waals surface area contributed by atoms with Crippen LogP contribution in [0.15, 0.2) is 39.4 Å². The number of rotatable bonds is 3. The van der Waals surface area contributed by atoms with Crippen molar-refractivity contribution in [3.8, 4) is 5.75 Å². The highest BCUT2D eigenvalue weighted by Gasteiger charge is 2.32. The Morgan fingerprint density at radius 1 is 1.19 bits per heavy atom. The molecule has 0 bridgehead atoms. The second kappa shape index (κ2) is 6.10. The first-order valence-electron chi connectivity index (χ1n) is 5.48. The summed E-state index contributed by atoms with van der Waals surface area (Å²) >= 11 is 6.32. The average molecular weight is 427 g/mol. The number of alkyl halides is 3. The van der Waals surface area contributed by atoms with Crippen molar-refractivity contribution in [2.75, 3.05) is 11.1 Å². The van der Waals surface area contributed by atoms with Crippen LogP contribution in [0.1, 0.15) is 0 Å². The molecule has 9 heteroatoms. The third-order valence-electron chi connectivity index (χ3n) is 2.28. The zero-order valence-corrected chi connectivity index (χ0v) is 13.4. The summed E-state index contributed by atoms with van der Waals surface area (Å²) in [5.74, 6) is -0.0547. The van der Waals surface area contributed by atoms with Crippen molar-refractivity contribution in [1.29, 1.82) is 0 Å². The Labute approximate surface area is 134 Å². The minimum atomic E-state index is -4.79. The number of nitrogens with one attached hydrogen (secondary N) is 1. The largest absolute Gasteiger partial charge is 0.573 e.